The van der Waals surface area contributed by atoms with Gasteiger partial charge < -0.3 is 0 Å². The van der Waals surface area contributed by atoms with E-state index in [0.29, 0.717) is 11.4 Å². The Balaban J connectivity index is 1.78. The van der Waals surface area contributed by atoms with Crippen molar-refractivity contribution in [3.05, 3.63) is 65.5 Å². The predicted molar refractivity (Wildman–Crippen MR) is 78.7 cm³/mol. The van der Waals surface area contributed by atoms with Crippen LogP contribution in [0, 0.1) is 12.7 Å². The number of benzene rings is 2. The number of Topliss-reactive ketones (excluding diaryl/α,β-unsaturated/α-hetero) is 1. The minimum Gasteiger partial charge on any atom is -0.292 e. The summed E-state index contributed by atoms with van der Waals surface area (Å²) < 4.78 is 12.9. The van der Waals surface area contributed by atoms with E-state index in [1.165, 1.54) is 29.1 Å². The molecule has 2 aromatic carbocycles. The number of carbonyl (C=O) groups excluding carboxylic acids is 1. The number of halogens is 1. The molecule has 0 aliphatic carbocycles. The normalized spacial score (nSPS) is 10.6. The maximum absolute atomic E-state index is 12.9. The second kappa shape index (κ2) is 5.85. The number of aromatic nitrogens is 4. The van der Waals surface area contributed by atoms with Crippen molar-refractivity contribution in [2.75, 3.05) is 0 Å². The van der Waals surface area contributed by atoms with E-state index in [1.54, 1.807) is 0 Å². The number of rotatable bonds is 4. The molecule has 0 unspecified atom stereocenters. The molecule has 1 heterocycles. The first kappa shape index (κ1) is 14.1. The summed E-state index contributed by atoms with van der Waals surface area (Å²) in [7, 11) is 0. The van der Waals surface area contributed by atoms with E-state index in [4.69, 9.17) is 0 Å². The standard InChI is InChI=1S/C16H13FN4O/c1-11-4-2-3-5-14(11)16-18-20-21(19-16)10-15(22)12-6-8-13(17)9-7-12/h2-9H,10H2,1H3. The van der Waals surface area contributed by atoms with Crippen molar-refractivity contribution >= 4 is 5.78 Å². The molecule has 22 heavy (non-hydrogen) atoms. The largest absolute Gasteiger partial charge is 0.292 e. The Hall–Kier alpha value is -2.89. The molecule has 3 rings (SSSR count). The average molecular weight is 296 g/mol. The van der Waals surface area contributed by atoms with Crippen molar-refractivity contribution < 1.29 is 9.18 Å². The van der Waals surface area contributed by atoms with Crippen LogP contribution in [0.2, 0.25) is 0 Å². The lowest BCUT2D eigenvalue weighted by atomic mass is 10.1. The highest BCUT2D eigenvalue weighted by molar-refractivity contribution is 5.95. The number of hydrogen-bond acceptors (Lipinski definition) is 4. The van der Waals surface area contributed by atoms with Crippen LogP contribution in [0.3, 0.4) is 0 Å². The lowest BCUT2D eigenvalue weighted by Crippen LogP contribution is -2.13. The van der Waals surface area contributed by atoms with Gasteiger partial charge in [-0.3, -0.25) is 4.79 Å². The molecular weight excluding hydrogens is 283 g/mol. The Morgan fingerprint density at radius 1 is 1.14 bits per heavy atom. The van der Waals surface area contributed by atoms with Crippen LogP contribution in [0.5, 0.6) is 0 Å². The first-order chi connectivity index (χ1) is 10.6. The van der Waals surface area contributed by atoms with Crippen molar-refractivity contribution in [3.63, 3.8) is 0 Å². The average Bonchev–Trinajstić information content (AvgIpc) is 2.96. The molecule has 0 bridgehead atoms. The first-order valence-electron chi connectivity index (χ1n) is 6.76. The number of aryl methyl sites for hydroxylation is 1. The molecular formula is C16H13FN4O. The van der Waals surface area contributed by atoms with Crippen LogP contribution in [0.1, 0.15) is 15.9 Å². The number of hydrogen-bond donors (Lipinski definition) is 0. The molecule has 0 saturated heterocycles. The fourth-order valence-corrected chi connectivity index (χ4v) is 2.10. The highest BCUT2D eigenvalue weighted by atomic mass is 19.1. The predicted octanol–water partition coefficient (Wildman–Crippen LogP) is 2.67. The molecule has 0 saturated carbocycles. The van der Waals surface area contributed by atoms with E-state index in [9.17, 15) is 9.18 Å². The van der Waals surface area contributed by atoms with Crippen molar-refractivity contribution in [1.29, 1.82) is 0 Å². The molecule has 0 radical (unpaired) electrons. The van der Waals surface area contributed by atoms with Crippen molar-refractivity contribution in [2.24, 2.45) is 0 Å². The zero-order valence-corrected chi connectivity index (χ0v) is 11.9. The first-order valence-corrected chi connectivity index (χ1v) is 6.76. The Bertz CT molecular complexity index is 811. The van der Waals surface area contributed by atoms with Crippen LogP contribution in [-0.4, -0.2) is 26.0 Å². The molecule has 0 atom stereocenters. The zero-order valence-electron chi connectivity index (χ0n) is 11.9. The summed E-state index contributed by atoms with van der Waals surface area (Å²) in [6.45, 7) is 1.92. The van der Waals surface area contributed by atoms with Crippen LogP contribution < -0.4 is 0 Å². The maximum atomic E-state index is 12.9. The summed E-state index contributed by atoms with van der Waals surface area (Å²) in [5, 5.41) is 12.1. The Morgan fingerprint density at radius 3 is 2.59 bits per heavy atom. The van der Waals surface area contributed by atoms with Crippen LogP contribution in [-0.2, 0) is 6.54 Å². The Labute approximate surface area is 126 Å². The highest BCUT2D eigenvalue weighted by Crippen LogP contribution is 2.17. The fourth-order valence-electron chi connectivity index (χ4n) is 2.10. The number of ketones is 1. The van der Waals surface area contributed by atoms with Gasteiger partial charge in [-0.15, -0.1) is 10.2 Å². The molecule has 0 fully saturated rings. The lowest BCUT2D eigenvalue weighted by molar-refractivity contribution is 0.0961. The van der Waals surface area contributed by atoms with Crippen molar-refractivity contribution in [3.8, 4) is 11.4 Å². The van der Waals surface area contributed by atoms with E-state index < -0.39 is 0 Å². The summed E-state index contributed by atoms with van der Waals surface area (Å²) in [6.07, 6.45) is 0. The van der Waals surface area contributed by atoms with E-state index in [1.807, 2.05) is 31.2 Å². The molecule has 1 aromatic heterocycles. The van der Waals surface area contributed by atoms with Crippen molar-refractivity contribution in [2.45, 2.75) is 13.5 Å². The maximum Gasteiger partial charge on any atom is 0.205 e. The van der Waals surface area contributed by atoms with Gasteiger partial charge in [0.2, 0.25) is 5.82 Å². The third-order valence-corrected chi connectivity index (χ3v) is 3.29. The third-order valence-electron chi connectivity index (χ3n) is 3.29. The topological polar surface area (TPSA) is 60.7 Å². The Kier molecular flexibility index (Phi) is 3.74. The van der Waals surface area contributed by atoms with Gasteiger partial charge in [0.15, 0.2) is 5.78 Å². The van der Waals surface area contributed by atoms with Gasteiger partial charge in [0.1, 0.15) is 12.4 Å². The monoisotopic (exact) mass is 296 g/mol. The fraction of sp³-hybridized carbons (Fsp3) is 0.125. The van der Waals surface area contributed by atoms with Gasteiger partial charge in [0, 0.05) is 11.1 Å². The number of carbonyl (C=O) groups is 1. The lowest BCUT2D eigenvalue weighted by Gasteiger charge is -2.00. The van der Waals surface area contributed by atoms with E-state index in [-0.39, 0.29) is 18.1 Å². The summed E-state index contributed by atoms with van der Waals surface area (Å²) >= 11 is 0. The number of tetrazole rings is 1. The molecule has 3 aromatic rings. The van der Waals surface area contributed by atoms with Crippen LogP contribution in [0.25, 0.3) is 11.4 Å². The molecule has 0 aliphatic heterocycles. The highest BCUT2D eigenvalue weighted by Gasteiger charge is 2.12. The van der Waals surface area contributed by atoms with Gasteiger partial charge in [0.05, 0.1) is 0 Å². The summed E-state index contributed by atoms with van der Waals surface area (Å²) in [6, 6.07) is 13.1. The second-order valence-corrected chi connectivity index (χ2v) is 4.89. The minimum atomic E-state index is -0.378. The van der Waals surface area contributed by atoms with E-state index in [2.05, 4.69) is 15.4 Å². The minimum absolute atomic E-state index is 0.0372. The SMILES string of the molecule is Cc1ccccc1-c1nnn(CC(=O)c2ccc(F)cc2)n1. The summed E-state index contributed by atoms with van der Waals surface area (Å²) in [4.78, 5) is 13.3. The van der Waals surface area contributed by atoms with E-state index in [0.717, 1.165) is 11.1 Å². The van der Waals surface area contributed by atoms with Crippen LogP contribution in [0.4, 0.5) is 4.39 Å². The summed E-state index contributed by atoms with van der Waals surface area (Å²) in [5.41, 5.74) is 2.33. The zero-order chi connectivity index (χ0) is 15.5. The molecule has 6 heteroatoms. The molecule has 5 nitrogen and oxygen atoms in total. The Morgan fingerprint density at radius 2 is 1.86 bits per heavy atom. The molecule has 0 amide bonds. The van der Waals surface area contributed by atoms with Gasteiger partial charge >= 0.3 is 0 Å². The quantitative estimate of drug-likeness (QED) is 0.694. The third kappa shape index (κ3) is 2.90. The van der Waals surface area contributed by atoms with Crippen LogP contribution >= 0.6 is 0 Å². The van der Waals surface area contributed by atoms with Gasteiger partial charge in [-0.25, -0.2) is 4.39 Å². The number of nitrogens with zero attached hydrogens (tertiary/aromatic N) is 4. The van der Waals surface area contributed by atoms with Gasteiger partial charge in [-0.05, 0) is 42.0 Å². The van der Waals surface area contributed by atoms with Crippen LogP contribution in [0.15, 0.2) is 48.5 Å². The molecule has 0 spiro atoms. The summed E-state index contributed by atoms with van der Waals surface area (Å²) in [5.74, 6) is -0.101. The van der Waals surface area contributed by atoms with Gasteiger partial charge in [0.25, 0.3) is 0 Å². The molecule has 0 aliphatic rings. The van der Waals surface area contributed by atoms with E-state index >= 15 is 0 Å². The van der Waals surface area contributed by atoms with Crippen molar-refractivity contribution in [1.82, 2.24) is 20.2 Å². The van der Waals surface area contributed by atoms with Gasteiger partial charge in [-0.1, -0.05) is 24.3 Å². The van der Waals surface area contributed by atoms with Gasteiger partial charge in [-0.2, -0.15) is 4.80 Å². The molecule has 110 valence electrons. The second-order valence-electron chi connectivity index (χ2n) is 4.89. The smallest absolute Gasteiger partial charge is 0.205 e. The molecule has 0 N–H and O–H groups in total.